The van der Waals surface area contributed by atoms with Gasteiger partial charge in [0.15, 0.2) is 0 Å². The van der Waals surface area contributed by atoms with Crippen molar-refractivity contribution in [1.82, 2.24) is 10.5 Å². The van der Waals surface area contributed by atoms with E-state index in [9.17, 15) is 9.18 Å². The molecule has 0 radical (unpaired) electrons. The summed E-state index contributed by atoms with van der Waals surface area (Å²) in [5.74, 6) is -0.122. The number of halogens is 1. The van der Waals surface area contributed by atoms with Gasteiger partial charge in [-0.3, -0.25) is 4.79 Å². The highest BCUT2D eigenvalue weighted by molar-refractivity contribution is 5.96. The Kier molecular flexibility index (Phi) is 4.42. The highest BCUT2D eigenvalue weighted by atomic mass is 19.1. The lowest BCUT2D eigenvalue weighted by Crippen LogP contribution is -2.30. The number of benzene rings is 2. The molecule has 0 spiro atoms. The number of carbonyl (C=O) groups excluding carboxylic acids is 1. The Morgan fingerprint density at radius 2 is 1.67 bits per heavy atom. The smallest absolute Gasteiger partial charge is 0.257 e. The Morgan fingerprint density at radius 3 is 2.25 bits per heavy atom. The molecule has 1 N–H and O–H groups in total. The number of carbonyl (C=O) groups is 1. The second-order valence-corrected chi connectivity index (χ2v) is 5.57. The van der Waals surface area contributed by atoms with E-state index in [1.54, 1.807) is 26.0 Å². The molecule has 0 saturated carbocycles. The van der Waals surface area contributed by atoms with Gasteiger partial charge in [0, 0.05) is 0 Å². The zero-order valence-electron chi connectivity index (χ0n) is 13.4. The number of hydrogen-bond donors (Lipinski definition) is 1. The first-order valence-corrected chi connectivity index (χ1v) is 7.60. The molecule has 1 heterocycles. The van der Waals surface area contributed by atoms with Crippen LogP contribution in [0.5, 0.6) is 0 Å². The molecule has 1 amide bonds. The quantitative estimate of drug-likeness (QED) is 0.790. The molecule has 0 aliphatic rings. The molecule has 2 aromatic carbocycles. The number of rotatable bonds is 4. The summed E-state index contributed by atoms with van der Waals surface area (Å²) in [5.41, 5.74) is 2.67. The van der Waals surface area contributed by atoms with Crippen LogP contribution in [0.2, 0.25) is 0 Å². The highest BCUT2D eigenvalue weighted by Gasteiger charge is 2.22. The largest absolute Gasteiger partial charge is 0.361 e. The summed E-state index contributed by atoms with van der Waals surface area (Å²) < 4.78 is 18.3. The lowest BCUT2D eigenvalue weighted by atomic mass is 9.98. The van der Waals surface area contributed by atoms with E-state index in [1.807, 2.05) is 30.3 Å². The molecule has 0 aliphatic heterocycles. The van der Waals surface area contributed by atoms with Crippen molar-refractivity contribution in [3.05, 3.63) is 88.6 Å². The lowest BCUT2D eigenvalue weighted by Gasteiger charge is -2.20. The van der Waals surface area contributed by atoms with Crippen LogP contribution in [-0.4, -0.2) is 11.1 Å². The van der Waals surface area contributed by atoms with Gasteiger partial charge in [-0.2, -0.15) is 0 Å². The maximum atomic E-state index is 13.2. The summed E-state index contributed by atoms with van der Waals surface area (Å²) in [4.78, 5) is 12.7. The van der Waals surface area contributed by atoms with Gasteiger partial charge in [0.1, 0.15) is 17.1 Å². The van der Waals surface area contributed by atoms with Crippen molar-refractivity contribution in [2.24, 2.45) is 0 Å². The summed E-state index contributed by atoms with van der Waals surface area (Å²) in [6.07, 6.45) is 0. The standard InChI is InChI=1S/C19H17FN2O2/c1-12-17(13(2)24-22-12)19(23)21-18(14-6-4-3-5-7-14)15-8-10-16(20)11-9-15/h3-11,18H,1-2H3,(H,21,23). The molecule has 0 aliphatic carbocycles. The minimum Gasteiger partial charge on any atom is -0.361 e. The summed E-state index contributed by atoms with van der Waals surface area (Å²) in [6, 6.07) is 15.2. The predicted octanol–water partition coefficient (Wildman–Crippen LogP) is 3.95. The summed E-state index contributed by atoms with van der Waals surface area (Å²) in [5, 5.41) is 6.81. The van der Waals surface area contributed by atoms with Crippen LogP contribution in [0.1, 0.15) is 39.0 Å². The number of aryl methyl sites for hydroxylation is 2. The zero-order valence-corrected chi connectivity index (χ0v) is 13.4. The van der Waals surface area contributed by atoms with Crippen LogP contribution in [0, 0.1) is 19.7 Å². The van der Waals surface area contributed by atoms with Gasteiger partial charge in [-0.25, -0.2) is 4.39 Å². The Labute approximate surface area is 139 Å². The third-order valence-electron chi connectivity index (χ3n) is 3.87. The van der Waals surface area contributed by atoms with Gasteiger partial charge in [0.2, 0.25) is 0 Å². The van der Waals surface area contributed by atoms with Gasteiger partial charge in [-0.05, 0) is 37.1 Å². The minimum absolute atomic E-state index is 0.274. The van der Waals surface area contributed by atoms with Crippen LogP contribution in [0.25, 0.3) is 0 Å². The predicted molar refractivity (Wildman–Crippen MR) is 88.1 cm³/mol. The molecule has 5 heteroatoms. The van der Waals surface area contributed by atoms with E-state index in [-0.39, 0.29) is 11.7 Å². The van der Waals surface area contributed by atoms with Gasteiger partial charge in [-0.15, -0.1) is 0 Å². The SMILES string of the molecule is Cc1noc(C)c1C(=O)NC(c1ccccc1)c1ccc(F)cc1. The highest BCUT2D eigenvalue weighted by Crippen LogP contribution is 2.24. The monoisotopic (exact) mass is 324 g/mol. The molecule has 0 bridgehead atoms. The summed E-state index contributed by atoms with van der Waals surface area (Å²) in [6.45, 7) is 3.42. The summed E-state index contributed by atoms with van der Waals surface area (Å²) in [7, 11) is 0. The fourth-order valence-electron chi connectivity index (χ4n) is 2.67. The molecular formula is C19H17FN2O2. The lowest BCUT2D eigenvalue weighted by molar-refractivity contribution is 0.0941. The Bertz CT molecular complexity index is 822. The molecule has 1 aromatic heterocycles. The van der Waals surface area contributed by atoms with Gasteiger partial charge in [0.05, 0.1) is 11.7 Å². The molecule has 4 nitrogen and oxygen atoms in total. The van der Waals surface area contributed by atoms with Crippen molar-refractivity contribution in [2.75, 3.05) is 0 Å². The van der Waals surface area contributed by atoms with Crippen molar-refractivity contribution >= 4 is 5.91 Å². The molecule has 0 saturated heterocycles. The molecular weight excluding hydrogens is 307 g/mol. The van der Waals surface area contributed by atoms with Crippen molar-refractivity contribution in [3.8, 4) is 0 Å². The number of hydrogen-bond acceptors (Lipinski definition) is 3. The number of amides is 1. The summed E-state index contributed by atoms with van der Waals surface area (Å²) >= 11 is 0. The Morgan fingerprint density at radius 1 is 1.04 bits per heavy atom. The van der Waals surface area contributed by atoms with E-state index in [0.29, 0.717) is 17.0 Å². The normalized spacial score (nSPS) is 12.0. The zero-order chi connectivity index (χ0) is 17.1. The fraction of sp³-hybridized carbons (Fsp3) is 0.158. The van der Waals surface area contributed by atoms with Crippen LogP contribution in [0.3, 0.4) is 0 Å². The van der Waals surface area contributed by atoms with E-state index in [0.717, 1.165) is 11.1 Å². The van der Waals surface area contributed by atoms with Crippen LogP contribution in [0.4, 0.5) is 4.39 Å². The van der Waals surface area contributed by atoms with Gasteiger partial charge in [-0.1, -0.05) is 47.6 Å². The van der Waals surface area contributed by atoms with E-state index in [2.05, 4.69) is 10.5 Å². The molecule has 0 fully saturated rings. The van der Waals surface area contributed by atoms with E-state index < -0.39 is 6.04 Å². The number of nitrogens with zero attached hydrogens (tertiary/aromatic N) is 1. The minimum atomic E-state index is -0.395. The molecule has 1 unspecified atom stereocenters. The Balaban J connectivity index is 1.96. The van der Waals surface area contributed by atoms with Crippen molar-refractivity contribution < 1.29 is 13.7 Å². The van der Waals surface area contributed by atoms with E-state index in [1.165, 1.54) is 12.1 Å². The number of aromatic nitrogens is 1. The van der Waals surface area contributed by atoms with E-state index >= 15 is 0 Å². The fourth-order valence-corrected chi connectivity index (χ4v) is 2.67. The maximum absolute atomic E-state index is 13.2. The van der Waals surface area contributed by atoms with Gasteiger partial charge >= 0.3 is 0 Å². The van der Waals surface area contributed by atoms with Crippen LogP contribution < -0.4 is 5.32 Å². The third-order valence-corrected chi connectivity index (χ3v) is 3.87. The second-order valence-electron chi connectivity index (χ2n) is 5.57. The first-order valence-electron chi connectivity index (χ1n) is 7.60. The maximum Gasteiger partial charge on any atom is 0.257 e. The van der Waals surface area contributed by atoms with Crippen molar-refractivity contribution in [3.63, 3.8) is 0 Å². The molecule has 24 heavy (non-hydrogen) atoms. The first kappa shape index (κ1) is 15.9. The molecule has 122 valence electrons. The van der Waals surface area contributed by atoms with Gasteiger partial charge < -0.3 is 9.84 Å². The average molecular weight is 324 g/mol. The molecule has 3 rings (SSSR count). The molecule has 1 atom stereocenters. The average Bonchev–Trinajstić information content (AvgIpc) is 2.93. The van der Waals surface area contributed by atoms with Crippen molar-refractivity contribution in [1.29, 1.82) is 0 Å². The van der Waals surface area contributed by atoms with Crippen LogP contribution >= 0.6 is 0 Å². The first-order chi connectivity index (χ1) is 11.6. The van der Waals surface area contributed by atoms with Crippen LogP contribution in [0.15, 0.2) is 59.1 Å². The van der Waals surface area contributed by atoms with E-state index in [4.69, 9.17) is 4.52 Å². The Hall–Kier alpha value is -2.95. The third kappa shape index (κ3) is 3.20. The topological polar surface area (TPSA) is 55.1 Å². The van der Waals surface area contributed by atoms with Gasteiger partial charge in [0.25, 0.3) is 5.91 Å². The van der Waals surface area contributed by atoms with Crippen molar-refractivity contribution in [2.45, 2.75) is 19.9 Å². The van der Waals surface area contributed by atoms with Crippen LogP contribution in [-0.2, 0) is 0 Å². The number of nitrogens with one attached hydrogen (secondary N) is 1. The second kappa shape index (κ2) is 6.66. The molecule has 3 aromatic rings.